The number of aromatic nitrogens is 6. The summed E-state index contributed by atoms with van der Waals surface area (Å²) in [6, 6.07) is 21.1. The van der Waals surface area contributed by atoms with Crippen molar-refractivity contribution in [2.75, 3.05) is 6.54 Å². The highest BCUT2D eigenvalue weighted by molar-refractivity contribution is 14.1. The molecule has 3 aromatic carbocycles. The van der Waals surface area contributed by atoms with Crippen LogP contribution in [0.1, 0.15) is 35.2 Å². The van der Waals surface area contributed by atoms with Gasteiger partial charge in [-0.2, -0.15) is 5.21 Å². The van der Waals surface area contributed by atoms with Crippen LogP contribution in [0.25, 0.3) is 28.2 Å². The molecule has 0 radical (unpaired) electrons. The summed E-state index contributed by atoms with van der Waals surface area (Å²) in [5.41, 5.74) is 4.77. The molecule has 39 heavy (non-hydrogen) atoms. The van der Waals surface area contributed by atoms with Gasteiger partial charge in [0, 0.05) is 24.2 Å². The van der Waals surface area contributed by atoms with Crippen molar-refractivity contribution >= 4 is 40.1 Å². The molecule has 5 aromatic rings. The molecule has 0 fully saturated rings. The van der Waals surface area contributed by atoms with Crippen molar-refractivity contribution in [1.82, 2.24) is 35.5 Å². The van der Waals surface area contributed by atoms with E-state index in [1.165, 1.54) is 0 Å². The molecule has 1 amide bonds. The van der Waals surface area contributed by atoms with E-state index in [9.17, 15) is 9.90 Å². The van der Waals surface area contributed by atoms with E-state index in [2.05, 4.69) is 60.4 Å². The number of hydrogen-bond donors (Lipinski definition) is 3. The van der Waals surface area contributed by atoms with E-state index in [1.807, 2.05) is 65.2 Å². The maximum atomic E-state index is 13.4. The van der Waals surface area contributed by atoms with E-state index >= 15 is 0 Å². The fourth-order valence-corrected chi connectivity index (χ4v) is 5.28. The van der Waals surface area contributed by atoms with Gasteiger partial charge in [-0.1, -0.05) is 61.0 Å². The van der Waals surface area contributed by atoms with E-state index in [4.69, 9.17) is 11.6 Å². The number of carbonyl (C=O) groups is 1. The van der Waals surface area contributed by atoms with Gasteiger partial charge in [0.2, 0.25) is 5.82 Å². The van der Waals surface area contributed by atoms with Gasteiger partial charge < -0.3 is 10.4 Å². The largest absolute Gasteiger partial charge is 0.507 e. The van der Waals surface area contributed by atoms with Gasteiger partial charge in [0.15, 0.2) is 10.8 Å². The minimum atomic E-state index is -0.305. The molecule has 0 atom stereocenters. The second kappa shape index (κ2) is 12.0. The van der Waals surface area contributed by atoms with E-state index in [0.29, 0.717) is 36.7 Å². The Morgan fingerprint density at radius 3 is 2.64 bits per heavy atom. The molecule has 2 heterocycles. The van der Waals surface area contributed by atoms with Crippen LogP contribution in [-0.2, 0) is 12.8 Å². The van der Waals surface area contributed by atoms with Crippen LogP contribution < -0.4 is 5.32 Å². The van der Waals surface area contributed by atoms with Crippen LogP contribution >= 0.6 is 34.2 Å². The van der Waals surface area contributed by atoms with Gasteiger partial charge in [0.1, 0.15) is 11.6 Å². The lowest BCUT2D eigenvalue weighted by Crippen LogP contribution is -2.28. The van der Waals surface area contributed by atoms with Gasteiger partial charge in [0.25, 0.3) is 5.91 Å². The summed E-state index contributed by atoms with van der Waals surface area (Å²) in [4.78, 5) is 18.0. The fourth-order valence-electron chi connectivity index (χ4n) is 4.43. The first-order chi connectivity index (χ1) is 19.0. The molecule has 3 N–H and O–H groups in total. The normalized spacial score (nSPS) is 11.1. The van der Waals surface area contributed by atoms with E-state index in [-0.39, 0.29) is 16.8 Å². The monoisotopic (exact) mass is 653 g/mol. The molecule has 0 aliphatic carbocycles. The fraction of sp³-hybridized carbons (Fsp3) is 0.179. The van der Waals surface area contributed by atoms with Crippen LogP contribution in [-0.4, -0.2) is 47.7 Å². The number of phenolic OH excluding ortho intramolecular Hbond substituents is 1. The zero-order chi connectivity index (χ0) is 27.4. The molecule has 0 unspecified atom stereocenters. The minimum absolute atomic E-state index is 0.160. The number of amides is 1. The SMILES string of the molecule is CCCc1nc(Cl)c(C(=O)NCCc2ccc(O)c(I)c2)n1-c1cccc(-c2ccccc2-c2nn[nH]n2)c1. The molecular formula is C28H25ClIN7O2. The summed E-state index contributed by atoms with van der Waals surface area (Å²) < 4.78 is 2.60. The smallest absolute Gasteiger partial charge is 0.271 e. The molecule has 5 rings (SSSR count). The lowest BCUT2D eigenvalue weighted by Gasteiger charge is -2.14. The maximum absolute atomic E-state index is 13.4. The lowest BCUT2D eigenvalue weighted by atomic mass is 9.99. The molecule has 0 aliphatic heterocycles. The summed E-state index contributed by atoms with van der Waals surface area (Å²) in [6.07, 6.45) is 2.11. The van der Waals surface area contributed by atoms with Crippen molar-refractivity contribution in [2.24, 2.45) is 0 Å². The number of nitrogens with zero attached hydrogens (tertiary/aromatic N) is 5. The Bertz CT molecular complexity index is 1620. The van der Waals surface area contributed by atoms with Gasteiger partial charge in [0.05, 0.1) is 3.57 Å². The Morgan fingerprint density at radius 1 is 1.08 bits per heavy atom. The van der Waals surface area contributed by atoms with Gasteiger partial charge in [-0.3, -0.25) is 9.36 Å². The highest BCUT2D eigenvalue weighted by Crippen LogP contribution is 2.32. The van der Waals surface area contributed by atoms with Crippen molar-refractivity contribution in [3.63, 3.8) is 0 Å². The number of phenols is 1. The summed E-state index contributed by atoms with van der Waals surface area (Å²) in [6.45, 7) is 2.46. The Morgan fingerprint density at radius 2 is 1.90 bits per heavy atom. The van der Waals surface area contributed by atoms with Crippen molar-refractivity contribution in [1.29, 1.82) is 0 Å². The second-order valence-electron chi connectivity index (χ2n) is 8.88. The Labute approximate surface area is 243 Å². The average molecular weight is 654 g/mol. The highest BCUT2D eigenvalue weighted by atomic mass is 127. The summed E-state index contributed by atoms with van der Waals surface area (Å²) in [7, 11) is 0. The number of aromatic amines is 1. The van der Waals surface area contributed by atoms with Crippen molar-refractivity contribution in [2.45, 2.75) is 26.2 Å². The number of aromatic hydroxyl groups is 1. The zero-order valence-electron chi connectivity index (χ0n) is 21.0. The van der Waals surface area contributed by atoms with Crippen molar-refractivity contribution in [3.05, 3.63) is 92.5 Å². The van der Waals surface area contributed by atoms with Gasteiger partial charge in [-0.15, -0.1) is 10.2 Å². The number of aryl methyl sites for hydroxylation is 1. The van der Waals surface area contributed by atoms with Crippen LogP contribution in [0.4, 0.5) is 0 Å². The summed E-state index contributed by atoms with van der Waals surface area (Å²) in [5, 5.41) is 27.4. The minimum Gasteiger partial charge on any atom is -0.507 e. The number of imidazole rings is 1. The first-order valence-corrected chi connectivity index (χ1v) is 13.9. The number of tetrazole rings is 1. The molecule has 11 heteroatoms. The molecule has 198 valence electrons. The van der Waals surface area contributed by atoms with Crippen LogP contribution in [0.2, 0.25) is 5.15 Å². The van der Waals surface area contributed by atoms with Crippen LogP contribution in [0, 0.1) is 3.57 Å². The van der Waals surface area contributed by atoms with Crippen LogP contribution in [0.3, 0.4) is 0 Å². The highest BCUT2D eigenvalue weighted by Gasteiger charge is 2.23. The molecular weight excluding hydrogens is 629 g/mol. The standard InChI is InChI=1S/C28H25ClIN7O2/c1-2-6-24-32-26(29)25(28(39)31-14-13-17-11-12-23(38)22(30)15-17)37(24)19-8-5-7-18(16-19)20-9-3-4-10-21(20)27-33-35-36-34-27/h3-5,7-12,15-16,38H,2,6,13-14H2,1H3,(H,31,39)(H,33,34,35,36). The molecule has 0 bridgehead atoms. The third-order valence-electron chi connectivity index (χ3n) is 6.23. The summed E-state index contributed by atoms with van der Waals surface area (Å²) >= 11 is 8.65. The van der Waals surface area contributed by atoms with E-state index < -0.39 is 0 Å². The maximum Gasteiger partial charge on any atom is 0.271 e. The predicted octanol–water partition coefficient (Wildman–Crippen LogP) is 5.61. The molecule has 0 spiro atoms. The number of nitrogens with one attached hydrogen (secondary N) is 2. The van der Waals surface area contributed by atoms with Crippen molar-refractivity contribution < 1.29 is 9.90 Å². The number of halogens is 2. The van der Waals surface area contributed by atoms with Gasteiger partial charge in [-0.05, 0) is 81.6 Å². The second-order valence-corrected chi connectivity index (χ2v) is 10.4. The third-order valence-corrected chi connectivity index (χ3v) is 7.36. The number of hydrogen-bond acceptors (Lipinski definition) is 6. The molecule has 0 saturated carbocycles. The average Bonchev–Trinajstić information content (AvgIpc) is 3.59. The lowest BCUT2D eigenvalue weighted by molar-refractivity contribution is 0.0947. The van der Waals surface area contributed by atoms with Crippen molar-refractivity contribution in [3.8, 4) is 34.0 Å². The number of carbonyl (C=O) groups excluding carboxylic acids is 1. The first-order valence-electron chi connectivity index (χ1n) is 12.4. The topological polar surface area (TPSA) is 122 Å². The molecule has 2 aromatic heterocycles. The number of benzene rings is 3. The quantitative estimate of drug-likeness (QED) is 0.178. The van der Waals surface area contributed by atoms with E-state index in [0.717, 1.165) is 37.9 Å². The van der Waals surface area contributed by atoms with Gasteiger partial charge in [-0.25, -0.2) is 4.98 Å². The molecule has 0 aliphatic rings. The molecule has 9 nitrogen and oxygen atoms in total. The summed E-state index contributed by atoms with van der Waals surface area (Å²) in [5.74, 6) is 1.15. The number of H-pyrrole nitrogens is 1. The van der Waals surface area contributed by atoms with Gasteiger partial charge >= 0.3 is 0 Å². The third kappa shape index (κ3) is 5.81. The van der Waals surface area contributed by atoms with Crippen LogP contribution in [0.5, 0.6) is 5.75 Å². The molecule has 0 saturated heterocycles. The van der Waals surface area contributed by atoms with Crippen LogP contribution in [0.15, 0.2) is 66.7 Å². The first kappa shape index (κ1) is 26.8. The Kier molecular flexibility index (Phi) is 8.22. The Balaban J connectivity index is 1.47. The number of rotatable bonds is 9. The predicted molar refractivity (Wildman–Crippen MR) is 158 cm³/mol. The Hall–Kier alpha value is -3.77. The zero-order valence-corrected chi connectivity index (χ0v) is 23.9. The van der Waals surface area contributed by atoms with E-state index in [1.54, 1.807) is 6.07 Å².